The highest BCUT2D eigenvalue weighted by molar-refractivity contribution is 8.13. The smallest absolute Gasteiger partial charge is 0.192 e. The van der Waals surface area contributed by atoms with E-state index < -0.39 is 0 Å². The summed E-state index contributed by atoms with van der Waals surface area (Å²) in [6, 6.07) is 10.1. The number of benzene rings is 1. The van der Waals surface area contributed by atoms with E-state index in [1.54, 1.807) is 24.2 Å². The molecule has 0 saturated heterocycles. The lowest BCUT2D eigenvalue weighted by atomic mass is 10.4. The summed E-state index contributed by atoms with van der Waals surface area (Å²) >= 11 is 1.57. The lowest BCUT2D eigenvalue weighted by molar-refractivity contribution is 1.33. The van der Waals surface area contributed by atoms with Gasteiger partial charge < -0.3 is 0 Å². The summed E-state index contributed by atoms with van der Waals surface area (Å²) in [6.45, 7) is 0. The van der Waals surface area contributed by atoms with Crippen molar-refractivity contribution in [1.82, 2.24) is 5.32 Å². The third-order valence-electron chi connectivity index (χ3n) is 1.39. The lowest BCUT2D eigenvalue weighted by Gasteiger charge is -1.97. The van der Waals surface area contributed by atoms with Crippen molar-refractivity contribution in [3.63, 3.8) is 0 Å². The van der Waals surface area contributed by atoms with E-state index in [4.69, 9.17) is 0 Å². The fourth-order valence-corrected chi connectivity index (χ4v) is 1.61. The van der Waals surface area contributed by atoms with Crippen LogP contribution in [-0.4, -0.2) is 5.17 Å². The number of thioether (sulfide) groups is 1. The molecule has 0 amide bonds. The highest BCUT2D eigenvalue weighted by Crippen LogP contribution is 2.19. The van der Waals surface area contributed by atoms with Gasteiger partial charge in [0.15, 0.2) is 5.17 Å². The predicted molar refractivity (Wildman–Crippen MR) is 51.0 cm³/mol. The second kappa shape index (κ2) is 3.45. The fourth-order valence-electron chi connectivity index (χ4n) is 0.874. The van der Waals surface area contributed by atoms with Crippen molar-refractivity contribution in [3.8, 4) is 0 Å². The maximum absolute atomic E-state index is 4.06. The van der Waals surface area contributed by atoms with Gasteiger partial charge in [-0.25, -0.2) is 10.3 Å². The van der Waals surface area contributed by atoms with Gasteiger partial charge in [0, 0.05) is 17.3 Å². The summed E-state index contributed by atoms with van der Waals surface area (Å²) in [6.07, 6.45) is 3.40. The van der Waals surface area contributed by atoms with Gasteiger partial charge >= 0.3 is 0 Å². The van der Waals surface area contributed by atoms with Gasteiger partial charge in [-0.15, -0.1) is 0 Å². The molecule has 0 fully saturated rings. The second-order valence-electron chi connectivity index (χ2n) is 2.25. The van der Waals surface area contributed by atoms with E-state index >= 15 is 0 Å². The molecule has 12 heavy (non-hydrogen) atoms. The Bertz CT molecular complexity index is 317. The predicted octanol–water partition coefficient (Wildman–Crippen LogP) is 2.22. The number of amidine groups is 1. The highest BCUT2D eigenvalue weighted by Gasteiger charge is 2.03. The molecule has 0 bridgehead atoms. The van der Waals surface area contributed by atoms with Crippen LogP contribution >= 0.6 is 11.8 Å². The normalized spacial score (nSPS) is 14.2. The number of hydrogen-bond acceptors (Lipinski definition) is 2. The molecular weight excluding hydrogens is 168 g/mol. The van der Waals surface area contributed by atoms with E-state index in [1.165, 1.54) is 4.90 Å². The van der Waals surface area contributed by atoms with Crippen LogP contribution in [0.5, 0.6) is 0 Å². The lowest BCUT2D eigenvalue weighted by Crippen LogP contribution is -1.99. The largest absolute Gasteiger partial charge is 0.229 e. The van der Waals surface area contributed by atoms with Gasteiger partial charge in [0.05, 0.1) is 0 Å². The molecule has 1 radical (unpaired) electrons. The molecule has 0 aliphatic carbocycles. The molecule has 0 atom stereocenters. The van der Waals surface area contributed by atoms with Gasteiger partial charge in [-0.2, -0.15) is 0 Å². The number of nitrogens with zero attached hydrogens (tertiary/aromatic N) is 2. The molecule has 2 nitrogen and oxygen atoms in total. The van der Waals surface area contributed by atoms with Crippen LogP contribution in [0.3, 0.4) is 0 Å². The van der Waals surface area contributed by atoms with Crippen LogP contribution < -0.4 is 5.32 Å². The Morgan fingerprint density at radius 1 is 1.00 bits per heavy atom. The Morgan fingerprint density at radius 2 is 1.83 bits per heavy atom. The van der Waals surface area contributed by atoms with Crippen molar-refractivity contribution in [2.24, 2.45) is 4.99 Å². The van der Waals surface area contributed by atoms with Crippen molar-refractivity contribution in [1.29, 1.82) is 0 Å². The molecule has 0 saturated carbocycles. The van der Waals surface area contributed by atoms with Crippen LogP contribution in [0.4, 0.5) is 0 Å². The van der Waals surface area contributed by atoms with E-state index in [0.29, 0.717) is 0 Å². The average Bonchev–Trinajstić information content (AvgIpc) is 2.59. The Morgan fingerprint density at radius 3 is 2.50 bits per heavy atom. The molecule has 0 N–H and O–H groups in total. The third-order valence-corrected chi connectivity index (χ3v) is 2.29. The van der Waals surface area contributed by atoms with E-state index in [2.05, 4.69) is 10.3 Å². The SMILES string of the molecule is C1=CN=C(Sc2ccccc2)[N]1. The van der Waals surface area contributed by atoms with Crippen molar-refractivity contribution >= 4 is 16.9 Å². The summed E-state index contributed by atoms with van der Waals surface area (Å²) in [5, 5.41) is 4.87. The first-order valence-electron chi connectivity index (χ1n) is 3.62. The van der Waals surface area contributed by atoms with Crippen LogP contribution in [0.2, 0.25) is 0 Å². The molecule has 3 heteroatoms. The summed E-state index contributed by atoms with van der Waals surface area (Å²) in [4.78, 5) is 5.23. The van der Waals surface area contributed by atoms with Crippen LogP contribution in [0.15, 0.2) is 52.6 Å². The Kier molecular flexibility index (Phi) is 2.14. The van der Waals surface area contributed by atoms with Gasteiger partial charge in [0.1, 0.15) is 0 Å². The average molecular weight is 175 g/mol. The number of aliphatic imine (C=N–C) groups is 1. The quantitative estimate of drug-likeness (QED) is 0.642. The van der Waals surface area contributed by atoms with Crippen molar-refractivity contribution in [2.75, 3.05) is 0 Å². The van der Waals surface area contributed by atoms with E-state index in [1.807, 2.05) is 30.3 Å². The van der Waals surface area contributed by atoms with Gasteiger partial charge in [0.25, 0.3) is 0 Å². The van der Waals surface area contributed by atoms with Gasteiger partial charge in [0.2, 0.25) is 0 Å². The topological polar surface area (TPSA) is 26.5 Å². The Labute approximate surface area is 75.4 Å². The molecule has 0 spiro atoms. The van der Waals surface area contributed by atoms with Crippen LogP contribution in [0.25, 0.3) is 0 Å². The molecule has 0 unspecified atom stereocenters. The molecule has 0 aromatic heterocycles. The van der Waals surface area contributed by atoms with Crippen molar-refractivity contribution in [2.45, 2.75) is 4.90 Å². The van der Waals surface area contributed by atoms with Crippen molar-refractivity contribution < 1.29 is 0 Å². The monoisotopic (exact) mass is 175 g/mol. The molecule has 1 heterocycles. The van der Waals surface area contributed by atoms with Crippen LogP contribution in [0, 0.1) is 0 Å². The minimum atomic E-state index is 0.807. The summed E-state index contributed by atoms with van der Waals surface area (Å²) < 4.78 is 0. The standard InChI is InChI=1S/C9H7N2S/c1-2-4-8(5-3-1)12-9-10-6-7-11-9/h1-7H. The van der Waals surface area contributed by atoms with E-state index in [0.717, 1.165) is 5.17 Å². The Hall–Kier alpha value is -1.22. The summed E-state index contributed by atoms with van der Waals surface area (Å²) in [5.41, 5.74) is 0. The second-order valence-corrected chi connectivity index (χ2v) is 3.29. The zero-order valence-corrected chi connectivity index (χ0v) is 7.16. The molecular formula is C9H7N2S. The maximum atomic E-state index is 4.06. The molecule has 1 aliphatic rings. The van der Waals surface area contributed by atoms with Crippen molar-refractivity contribution in [3.05, 3.63) is 42.7 Å². The number of hydrogen-bond donors (Lipinski definition) is 0. The van der Waals surface area contributed by atoms with E-state index in [-0.39, 0.29) is 0 Å². The molecule has 1 aromatic rings. The zero-order chi connectivity index (χ0) is 8.23. The fraction of sp³-hybridized carbons (Fsp3) is 0. The van der Waals surface area contributed by atoms with Gasteiger partial charge in [-0.05, 0) is 23.9 Å². The molecule has 1 aromatic carbocycles. The summed E-state index contributed by atoms with van der Waals surface area (Å²) in [5.74, 6) is 0. The molecule has 59 valence electrons. The third kappa shape index (κ3) is 1.68. The Balaban J connectivity index is 2.05. The first-order chi connectivity index (χ1) is 5.95. The van der Waals surface area contributed by atoms with Gasteiger partial charge in [-0.3, -0.25) is 0 Å². The molecule has 1 aliphatic heterocycles. The van der Waals surface area contributed by atoms with Crippen LogP contribution in [-0.2, 0) is 0 Å². The number of rotatable bonds is 1. The minimum absolute atomic E-state index is 0.807. The summed E-state index contributed by atoms with van der Waals surface area (Å²) in [7, 11) is 0. The highest BCUT2D eigenvalue weighted by atomic mass is 32.2. The van der Waals surface area contributed by atoms with Crippen LogP contribution in [0.1, 0.15) is 0 Å². The first kappa shape index (κ1) is 7.43. The maximum Gasteiger partial charge on any atom is 0.192 e. The molecule has 2 rings (SSSR count). The minimum Gasteiger partial charge on any atom is -0.229 e. The zero-order valence-electron chi connectivity index (χ0n) is 6.34. The first-order valence-corrected chi connectivity index (χ1v) is 4.43. The van der Waals surface area contributed by atoms with Gasteiger partial charge in [-0.1, -0.05) is 18.2 Å². The van der Waals surface area contributed by atoms with E-state index in [9.17, 15) is 0 Å².